The molecule has 0 aromatic heterocycles. The van der Waals surface area contributed by atoms with E-state index in [2.05, 4.69) is 35.6 Å². The van der Waals surface area contributed by atoms with E-state index in [0.29, 0.717) is 13.0 Å². The number of nitrogens with one attached hydrogen (secondary N) is 1. The minimum absolute atomic E-state index is 0.0419. The number of benzene rings is 3. The monoisotopic (exact) mass is 317 g/mol. The second kappa shape index (κ2) is 6.00. The molecule has 1 atom stereocenters. The Labute approximate surface area is 141 Å². The Hall–Kier alpha value is -2.81. The highest BCUT2D eigenvalue weighted by Crippen LogP contribution is 2.42. The van der Waals surface area contributed by atoms with Crippen molar-refractivity contribution >= 4 is 22.4 Å². The van der Waals surface area contributed by atoms with Gasteiger partial charge < -0.3 is 10.1 Å². The van der Waals surface area contributed by atoms with Crippen LogP contribution in [0.1, 0.15) is 30.4 Å². The lowest BCUT2D eigenvalue weighted by atomic mass is 9.82. The van der Waals surface area contributed by atoms with Crippen LogP contribution in [0.2, 0.25) is 0 Å². The number of amides is 1. The van der Waals surface area contributed by atoms with Crippen LogP contribution in [0.25, 0.3) is 10.8 Å². The predicted molar refractivity (Wildman–Crippen MR) is 96.6 cm³/mol. The van der Waals surface area contributed by atoms with Crippen molar-refractivity contribution in [1.29, 1.82) is 0 Å². The summed E-state index contributed by atoms with van der Waals surface area (Å²) in [5.74, 6) is 0.951. The summed E-state index contributed by atoms with van der Waals surface area (Å²) in [5, 5.41) is 5.41. The molecular formula is C21H19NO2. The van der Waals surface area contributed by atoms with Crippen LogP contribution in [0.4, 0.5) is 5.69 Å². The van der Waals surface area contributed by atoms with Crippen LogP contribution in [0, 0.1) is 0 Å². The summed E-state index contributed by atoms with van der Waals surface area (Å²) in [7, 11) is 0. The highest BCUT2D eigenvalue weighted by atomic mass is 16.5. The van der Waals surface area contributed by atoms with E-state index in [-0.39, 0.29) is 11.8 Å². The maximum absolute atomic E-state index is 12.2. The number of hydrogen-bond acceptors (Lipinski definition) is 2. The first-order valence-electron chi connectivity index (χ1n) is 8.30. The third kappa shape index (κ3) is 2.52. The number of carbonyl (C=O) groups excluding carboxylic acids is 1. The first-order chi connectivity index (χ1) is 11.8. The van der Waals surface area contributed by atoms with Gasteiger partial charge in [0, 0.05) is 18.0 Å². The van der Waals surface area contributed by atoms with Crippen molar-refractivity contribution in [3.8, 4) is 5.75 Å². The third-order valence-corrected chi connectivity index (χ3v) is 4.55. The van der Waals surface area contributed by atoms with Crippen LogP contribution >= 0.6 is 0 Å². The summed E-state index contributed by atoms with van der Waals surface area (Å²) < 4.78 is 5.64. The lowest BCUT2D eigenvalue weighted by molar-refractivity contribution is -0.116. The second-order valence-electron chi connectivity index (χ2n) is 6.06. The molecule has 1 heterocycles. The Balaban J connectivity index is 1.90. The minimum atomic E-state index is 0.0419. The molecule has 1 amide bonds. The summed E-state index contributed by atoms with van der Waals surface area (Å²) >= 11 is 0. The van der Waals surface area contributed by atoms with Crippen molar-refractivity contribution in [2.45, 2.75) is 19.3 Å². The van der Waals surface area contributed by atoms with Crippen LogP contribution in [-0.4, -0.2) is 12.5 Å². The minimum Gasteiger partial charge on any atom is -0.494 e. The van der Waals surface area contributed by atoms with Crippen LogP contribution < -0.4 is 10.1 Å². The van der Waals surface area contributed by atoms with Crippen LogP contribution in [0.3, 0.4) is 0 Å². The first kappa shape index (κ1) is 14.8. The van der Waals surface area contributed by atoms with Crippen molar-refractivity contribution < 1.29 is 9.53 Å². The molecule has 0 bridgehead atoms. The quantitative estimate of drug-likeness (QED) is 0.759. The molecule has 0 saturated carbocycles. The van der Waals surface area contributed by atoms with Gasteiger partial charge >= 0.3 is 0 Å². The molecule has 1 N–H and O–H groups in total. The van der Waals surface area contributed by atoms with Crippen molar-refractivity contribution in [3.05, 3.63) is 71.8 Å². The van der Waals surface area contributed by atoms with Gasteiger partial charge in [0.25, 0.3) is 0 Å². The van der Waals surface area contributed by atoms with Gasteiger partial charge in [-0.1, -0.05) is 42.5 Å². The Bertz CT molecular complexity index is 917. The summed E-state index contributed by atoms with van der Waals surface area (Å²) in [6, 6.07) is 20.5. The van der Waals surface area contributed by atoms with Gasteiger partial charge in [-0.25, -0.2) is 0 Å². The molecule has 120 valence electrons. The number of ether oxygens (including phenoxy) is 1. The number of fused-ring (bicyclic) bond motifs is 3. The van der Waals surface area contributed by atoms with E-state index in [1.807, 2.05) is 37.3 Å². The molecule has 1 aliphatic rings. The van der Waals surface area contributed by atoms with Gasteiger partial charge in [0.2, 0.25) is 5.91 Å². The molecule has 24 heavy (non-hydrogen) atoms. The van der Waals surface area contributed by atoms with Gasteiger partial charge in [-0.2, -0.15) is 0 Å². The molecule has 3 nitrogen and oxygen atoms in total. The van der Waals surface area contributed by atoms with E-state index in [4.69, 9.17) is 4.74 Å². The summed E-state index contributed by atoms with van der Waals surface area (Å²) in [6.45, 7) is 2.61. The van der Waals surface area contributed by atoms with Crippen LogP contribution in [0.15, 0.2) is 60.7 Å². The fourth-order valence-corrected chi connectivity index (χ4v) is 3.54. The van der Waals surface area contributed by atoms with Crippen molar-refractivity contribution in [2.24, 2.45) is 0 Å². The van der Waals surface area contributed by atoms with Crippen LogP contribution in [-0.2, 0) is 4.79 Å². The van der Waals surface area contributed by atoms with E-state index >= 15 is 0 Å². The predicted octanol–water partition coefficient (Wildman–Crippen LogP) is 4.71. The molecular weight excluding hydrogens is 298 g/mol. The number of rotatable bonds is 3. The molecule has 0 aliphatic carbocycles. The molecule has 0 spiro atoms. The normalized spacial score (nSPS) is 16.5. The molecule has 3 aromatic carbocycles. The maximum atomic E-state index is 12.2. The van der Waals surface area contributed by atoms with Gasteiger partial charge in [0.05, 0.1) is 6.61 Å². The smallest absolute Gasteiger partial charge is 0.225 e. The number of anilines is 1. The van der Waals surface area contributed by atoms with Crippen LogP contribution in [0.5, 0.6) is 5.75 Å². The largest absolute Gasteiger partial charge is 0.494 e. The van der Waals surface area contributed by atoms with Gasteiger partial charge in [-0.05, 0) is 47.0 Å². The lowest BCUT2D eigenvalue weighted by Crippen LogP contribution is -2.23. The average Bonchev–Trinajstić information content (AvgIpc) is 2.61. The molecule has 0 unspecified atom stereocenters. The topological polar surface area (TPSA) is 38.3 Å². The average molecular weight is 317 g/mol. The fourth-order valence-electron chi connectivity index (χ4n) is 3.54. The molecule has 0 saturated heterocycles. The molecule has 3 heteroatoms. The molecule has 3 aromatic rings. The zero-order valence-corrected chi connectivity index (χ0v) is 13.6. The lowest BCUT2D eigenvalue weighted by Gasteiger charge is -2.28. The third-order valence-electron chi connectivity index (χ3n) is 4.55. The van der Waals surface area contributed by atoms with E-state index in [1.54, 1.807) is 0 Å². The zero-order valence-electron chi connectivity index (χ0n) is 13.6. The van der Waals surface area contributed by atoms with Gasteiger partial charge in [-0.3, -0.25) is 4.79 Å². The fraction of sp³-hybridized carbons (Fsp3) is 0.190. The zero-order chi connectivity index (χ0) is 16.5. The Morgan fingerprint density at radius 3 is 2.83 bits per heavy atom. The SMILES string of the molecule is CCOc1cccc([C@H]2CC(=O)Nc3ccc4ccccc4c32)c1. The number of carbonyl (C=O) groups is 1. The maximum Gasteiger partial charge on any atom is 0.225 e. The number of hydrogen-bond donors (Lipinski definition) is 1. The van der Waals surface area contributed by atoms with E-state index < -0.39 is 0 Å². The van der Waals surface area contributed by atoms with E-state index in [1.165, 1.54) is 16.3 Å². The summed E-state index contributed by atoms with van der Waals surface area (Å²) in [4.78, 5) is 12.2. The molecule has 4 rings (SSSR count). The van der Waals surface area contributed by atoms with Gasteiger partial charge in [-0.15, -0.1) is 0 Å². The van der Waals surface area contributed by atoms with E-state index in [0.717, 1.165) is 17.0 Å². The molecule has 0 radical (unpaired) electrons. The first-order valence-corrected chi connectivity index (χ1v) is 8.30. The highest BCUT2D eigenvalue weighted by molar-refractivity contribution is 6.01. The summed E-state index contributed by atoms with van der Waals surface area (Å²) in [5.41, 5.74) is 3.23. The second-order valence-corrected chi connectivity index (χ2v) is 6.06. The summed E-state index contributed by atoms with van der Waals surface area (Å²) in [6.07, 6.45) is 0.455. The Morgan fingerprint density at radius 1 is 1.08 bits per heavy atom. The van der Waals surface area contributed by atoms with Gasteiger partial charge in [0.15, 0.2) is 0 Å². The van der Waals surface area contributed by atoms with Crippen molar-refractivity contribution in [2.75, 3.05) is 11.9 Å². The molecule has 0 fully saturated rings. The van der Waals surface area contributed by atoms with Crippen molar-refractivity contribution in [1.82, 2.24) is 0 Å². The Kier molecular flexibility index (Phi) is 3.69. The van der Waals surface area contributed by atoms with E-state index in [9.17, 15) is 4.79 Å². The van der Waals surface area contributed by atoms with Gasteiger partial charge in [0.1, 0.15) is 5.75 Å². The molecule has 1 aliphatic heterocycles. The Morgan fingerprint density at radius 2 is 1.96 bits per heavy atom. The highest BCUT2D eigenvalue weighted by Gasteiger charge is 2.28. The standard InChI is InChI=1S/C21H19NO2/c1-2-24-16-8-5-7-15(12-16)18-13-20(23)22-19-11-10-14-6-3-4-9-17(14)21(18)19/h3-12,18H,2,13H2,1H3,(H,22,23)/t18-/m1/s1. The van der Waals surface area contributed by atoms with Crippen molar-refractivity contribution in [3.63, 3.8) is 0 Å².